The second-order valence-corrected chi connectivity index (χ2v) is 4.55. The number of carbonyl (C=O) groups is 1. The average molecular weight is 264 g/mol. The van der Waals surface area contributed by atoms with Gasteiger partial charge in [-0.25, -0.2) is 0 Å². The Morgan fingerprint density at radius 1 is 1.16 bits per heavy atom. The minimum Gasteiger partial charge on any atom is -0.496 e. The molecule has 0 fully saturated rings. The van der Waals surface area contributed by atoms with E-state index < -0.39 is 5.60 Å². The third-order valence-electron chi connectivity index (χ3n) is 3.61. The molecule has 0 N–H and O–H groups in total. The molecule has 0 amide bonds. The predicted octanol–water partition coefficient (Wildman–Crippen LogP) is 3.40. The number of hydrogen-bond acceptors (Lipinski definition) is 3. The van der Waals surface area contributed by atoms with Crippen molar-refractivity contribution in [2.24, 2.45) is 0 Å². The van der Waals surface area contributed by atoms with Gasteiger partial charge < -0.3 is 9.47 Å². The Hall–Kier alpha value is -1.35. The maximum atomic E-state index is 12.6. The molecule has 0 radical (unpaired) electrons. The van der Waals surface area contributed by atoms with E-state index in [2.05, 4.69) is 0 Å². The van der Waals surface area contributed by atoms with Gasteiger partial charge in [-0.15, -0.1) is 0 Å². The number of ether oxygens (including phenoxy) is 2. The molecule has 1 rings (SSSR count). The Kier molecular flexibility index (Phi) is 6.03. The Morgan fingerprint density at radius 3 is 2.32 bits per heavy atom. The number of hydrogen-bond donors (Lipinski definition) is 0. The van der Waals surface area contributed by atoms with Crippen molar-refractivity contribution < 1.29 is 14.3 Å². The topological polar surface area (TPSA) is 35.5 Å². The number of rotatable bonds is 8. The van der Waals surface area contributed by atoms with Crippen LogP contribution in [-0.2, 0) is 16.0 Å². The summed E-state index contributed by atoms with van der Waals surface area (Å²) in [6, 6.07) is 7.63. The molecule has 0 spiro atoms. The third kappa shape index (κ3) is 3.57. The Labute approximate surface area is 115 Å². The second kappa shape index (κ2) is 7.29. The lowest BCUT2D eigenvalue weighted by atomic mass is 9.88. The summed E-state index contributed by atoms with van der Waals surface area (Å²) in [6.45, 7) is 6.48. The summed E-state index contributed by atoms with van der Waals surface area (Å²) in [5.74, 6) is 0.886. The van der Waals surface area contributed by atoms with E-state index in [9.17, 15) is 4.79 Å². The van der Waals surface area contributed by atoms with Crippen LogP contribution in [0.25, 0.3) is 0 Å². The second-order valence-electron chi connectivity index (χ2n) is 4.55. The molecule has 0 saturated heterocycles. The highest BCUT2D eigenvalue weighted by Gasteiger charge is 2.35. The third-order valence-corrected chi connectivity index (χ3v) is 3.61. The van der Waals surface area contributed by atoms with Gasteiger partial charge in [0.25, 0.3) is 0 Å². The van der Waals surface area contributed by atoms with Crippen LogP contribution >= 0.6 is 0 Å². The van der Waals surface area contributed by atoms with Crippen LogP contribution in [-0.4, -0.2) is 25.1 Å². The molecule has 0 atom stereocenters. The zero-order chi connectivity index (χ0) is 14.3. The van der Waals surface area contributed by atoms with Gasteiger partial charge in [0.2, 0.25) is 0 Å². The van der Waals surface area contributed by atoms with Crippen LogP contribution in [0.1, 0.15) is 39.2 Å². The van der Waals surface area contributed by atoms with Crippen LogP contribution in [0.2, 0.25) is 0 Å². The molecule has 0 aliphatic heterocycles. The van der Waals surface area contributed by atoms with Crippen LogP contribution in [0.15, 0.2) is 24.3 Å². The smallest absolute Gasteiger partial charge is 0.169 e. The molecular formula is C16H24O3. The lowest BCUT2D eigenvalue weighted by Crippen LogP contribution is -2.41. The lowest BCUT2D eigenvalue weighted by molar-refractivity contribution is -0.144. The lowest BCUT2D eigenvalue weighted by Gasteiger charge is -2.30. The fourth-order valence-electron chi connectivity index (χ4n) is 2.39. The number of ketones is 1. The highest BCUT2D eigenvalue weighted by molar-refractivity contribution is 5.89. The standard InChI is InChI=1S/C16H24O3/c1-5-16(6-2,19-7-3)15(17)12-13-10-8-9-11-14(13)18-4/h8-11H,5-7,12H2,1-4H3. The molecule has 19 heavy (non-hydrogen) atoms. The number of benzene rings is 1. The van der Waals surface area contributed by atoms with Gasteiger partial charge in [0.1, 0.15) is 11.4 Å². The quantitative estimate of drug-likeness (QED) is 0.722. The maximum Gasteiger partial charge on any atom is 0.169 e. The van der Waals surface area contributed by atoms with Gasteiger partial charge in [-0.2, -0.15) is 0 Å². The Bertz CT molecular complexity index is 408. The predicted molar refractivity (Wildman–Crippen MR) is 76.6 cm³/mol. The van der Waals surface area contributed by atoms with Crippen LogP contribution in [0.4, 0.5) is 0 Å². The summed E-state index contributed by atoms with van der Waals surface area (Å²) in [5.41, 5.74) is 0.260. The SMILES string of the molecule is CCOC(CC)(CC)C(=O)Cc1ccccc1OC. The molecule has 0 aliphatic carbocycles. The van der Waals surface area contributed by atoms with Crippen LogP contribution in [0, 0.1) is 0 Å². The van der Waals surface area contributed by atoms with E-state index in [4.69, 9.17) is 9.47 Å². The molecule has 0 bridgehead atoms. The molecule has 0 aliphatic rings. The molecule has 3 nitrogen and oxygen atoms in total. The summed E-state index contributed by atoms with van der Waals surface area (Å²) >= 11 is 0. The first kappa shape index (κ1) is 15.7. The van der Waals surface area contributed by atoms with Crippen LogP contribution in [0.5, 0.6) is 5.75 Å². The molecule has 0 heterocycles. The molecule has 106 valence electrons. The minimum absolute atomic E-state index is 0.129. The van der Waals surface area contributed by atoms with Gasteiger partial charge in [0, 0.05) is 18.6 Å². The first-order valence-electron chi connectivity index (χ1n) is 6.92. The van der Waals surface area contributed by atoms with Gasteiger partial charge in [0.05, 0.1) is 7.11 Å². The summed E-state index contributed by atoms with van der Waals surface area (Å²) < 4.78 is 11.0. The summed E-state index contributed by atoms with van der Waals surface area (Å²) in [6.07, 6.45) is 1.75. The molecule has 1 aromatic rings. The van der Waals surface area contributed by atoms with Crippen molar-refractivity contribution in [3.8, 4) is 5.75 Å². The minimum atomic E-state index is -0.657. The van der Waals surface area contributed by atoms with Crippen molar-refractivity contribution in [3.63, 3.8) is 0 Å². The van der Waals surface area contributed by atoms with E-state index in [0.29, 0.717) is 25.9 Å². The number of methoxy groups -OCH3 is 1. The summed E-state index contributed by atoms with van der Waals surface area (Å²) in [4.78, 5) is 12.6. The highest BCUT2D eigenvalue weighted by Crippen LogP contribution is 2.26. The number of Topliss-reactive ketones (excluding diaryl/α,β-unsaturated/α-hetero) is 1. The maximum absolute atomic E-state index is 12.6. The van der Waals surface area contributed by atoms with Gasteiger partial charge in [-0.1, -0.05) is 32.0 Å². The molecule has 0 aromatic heterocycles. The van der Waals surface area contributed by atoms with Gasteiger partial charge in [-0.3, -0.25) is 4.79 Å². The van der Waals surface area contributed by atoms with Crippen LogP contribution in [0.3, 0.4) is 0 Å². The molecule has 1 aromatic carbocycles. The van der Waals surface area contributed by atoms with E-state index in [1.54, 1.807) is 7.11 Å². The first-order chi connectivity index (χ1) is 9.13. The van der Waals surface area contributed by atoms with Crippen LogP contribution < -0.4 is 4.74 Å². The number of carbonyl (C=O) groups excluding carboxylic acids is 1. The van der Waals surface area contributed by atoms with Crippen molar-refractivity contribution in [1.29, 1.82) is 0 Å². The zero-order valence-electron chi connectivity index (χ0n) is 12.4. The fourth-order valence-corrected chi connectivity index (χ4v) is 2.39. The average Bonchev–Trinajstić information content (AvgIpc) is 2.45. The van der Waals surface area contributed by atoms with Gasteiger partial charge in [-0.05, 0) is 25.8 Å². The molecule has 0 saturated carbocycles. The van der Waals surface area contributed by atoms with E-state index in [1.807, 2.05) is 45.0 Å². The largest absolute Gasteiger partial charge is 0.496 e. The fraction of sp³-hybridized carbons (Fsp3) is 0.562. The van der Waals surface area contributed by atoms with Crippen molar-refractivity contribution in [1.82, 2.24) is 0 Å². The Morgan fingerprint density at radius 2 is 1.79 bits per heavy atom. The van der Waals surface area contributed by atoms with E-state index >= 15 is 0 Å². The highest BCUT2D eigenvalue weighted by atomic mass is 16.5. The summed E-state index contributed by atoms with van der Waals surface area (Å²) in [7, 11) is 1.62. The monoisotopic (exact) mass is 264 g/mol. The van der Waals surface area contributed by atoms with Gasteiger partial charge in [0.15, 0.2) is 5.78 Å². The van der Waals surface area contributed by atoms with Crippen molar-refractivity contribution in [3.05, 3.63) is 29.8 Å². The Balaban J connectivity index is 2.93. The van der Waals surface area contributed by atoms with Crippen molar-refractivity contribution in [2.45, 2.75) is 45.6 Å². The number of para-hydroxylation sites is 1. The van der Waals surface area contributed by atoms with E-state index in [0.717, 1.165) is 11.3 Å². The van der Waals surface area contributed by atoms with E-state index in [1.165, 1.54) is 0 Å². The summed E-state index contributed by atoms with van der Waals surface area (Å²) in [5, 5.41) is 0. The van der Waals surface area contributed by atoms with E-state index in [-0.39, 0.29) is 5.78 Å². The molecular weight excluding hydrogens is 240 g/mol. The first-order valence-corrected chi connectivity index (χ1v) is 6.92. The normalized spacial score (nSPS) is 11.4. The van der Waals surface area contributed by atoms with Crippen molar-refractivity contribution >= 4 is 5.78 Å². The molecule has 0 unspecified atom stereocenters. The molecule has 3 heteroatoms. The zero-order valence-corrected chi connectivity index (χ0v) is 12.4. The van der Waals surface area contributed by atoms with Crippen molar-refractivity contribution in [2.75, 3.05) is 13.7 Å². The van der Waals surface area contributed by atoms with Gasteiger partial charge >= 0.3 is 0 Å².